The van der Waals surface area contributed by atoms with E-state index >= 15 is 0 Å². The van der Waals surface area contributed by atoms with Crippen LogP contribution >= 0.6 is 0 Å². The van der Waals surface area contributed by atoms with Crippen LogP contribution in [-0.4, -0.2) is 43.0 Å². The van der Waals surface area contributed by atoms with Gasteiger partial charge in [-0.1, -0.05) is 47.6 Å². The van der Waals surface area contributed by atoms with Crippen LogP contribution in [0.25, 0.3) is 0 Å². The quantitative estimate of drug-likeness (QED) is 0.805. The van der Waals surface area contributed by atoms with Crippen LogP contribution < -0.4 is 5.32 Å². The molecule has 1 amide bonds. The number of nitrogens with zero attached hydrogens (tertiary/aromatic N) is 1. The molecule has 5 nitrogen and oxygen atoms in total. The monoisotopic (exact) mass is 420 g/mol. The highest BCUT2D eigenvalue weighted by Gasteiger charge is 2.45. The van der Waals surface area contributed by atoms with Gasteiger partial charge in [0.25, 0.3) is 5.91 Å². The first kappa shape index (κ1) is 22.3. The minimum Gasteiger partial charge on any atom is -0.349 e. The molecule has 2 heterocycles. The first-order valence-corrected chi connectivity index (χ1v) is 12.5. The number of hydrogen-bond acceptors (Lipinski definition) is 3. The van der Waals surface area contributed by atoms with Crippen molar-refractivity contribution in [3.05, 3.63) is 34.9 Å². The van der Waals surface area contributed by atoms with E-state index in [4.69, 9.17) is 0 Å². The Kier molecular flexibility index (Phi) is 5.67. The molecule has 1 aromatic rings. The summed E-state index contributed by atoms with van der Waals surface area (Å²) in [6.45, 7) is 13.0. The molecule has 2 unspecified atom stereocenters. The van der Waals surface area contributed by atoms with E-state index in [9.17, 15) is 13.2 Å². The van der Waals surface area contributed by atoms with E-state index in [1.54, 1.807) is 4.31 Å². The Morgan fingerprint density at radius 1 is 0.931 bits per heavy atom. The van der Waals surface area contributed by atoms with Gasteiger partial charge in [0.05, 0.1) is 6.26 Å². The molecule has 3 rings (SSSR count). The van der Waals surface area contributed by atoms with Gasteiger partial charge in [-0.3, -0.25) is 4.79 Å². The molecule has 2 bridgehead atoms. The second kappa shape index (κ2) is 7.38. The Morgan fingerprint density at radius 2 is 1.38 bits per heavy atom. The van der Waals surface area contributed by atoms with Crippen LogP contribution in [0.5, 0.6) is 0 Å². The summed E-state index contributed by atoms with van der Waals surface area (Å²) in [4.78, 5) is 13.1. The summed E-state index contributed by atoms with van der Waals surface area (Å²) in [5.74, 6) is -0.0567. The number of fused-ring (bicyclic) bond motifs is 2. The Bertz CT molecular complexity index is 847. The van der Waals surface area contributed by atoms with Gasteiger partial charge in [0.2, 0.25) is 10.0 Å². The fourth-order valence-electron chi connectivity index (χ4n) is 4.69. The van der Waals surface area contributed by atoms with E-state index in [0.717, 1.165) is 24.0 Å². The molecule has 2 saturated heterocycles. The summed E-state index contributed by atoms with van der Waals surface area (Å²) >= 11 is 0. The third-order valence-corrected chi connectivity index (χ3v) is 7.67. The van der Waals surface area contributed by atoms with Gasteiger partial charge in [0, 0.05) is 23.7 Å². The number of piperidine rings is 1. The highest BCUT2D eigenvalue weighted by molar-refractivity contribution is 7.88. The maximum Gasteiger partial charge on any atom is 0.251 e. The zero-order valence-electron chi connectivity index (χ0n) is 18.9. The van der Waals surface area contributed by atoms with E-state index in [0.29, 0.717) is 18.4 Å². The zero-order valence-corrected chi connectivity index (χ0v) is 19.7. The number of nitrogens with one attached hydrogen (secondary N) is 1. The number of hydrogen-bond donors (Lipinski definition) is 1. The number of benzene rings is 1. The first-order valence-electron chi connectivity index (χ1n) is 10.6. The minimum absolute atomic E-state index is 0.0140. The molecule has 2 atom stereocenters. The number of amides is 1. The lowest BCUT2D eigenvalue weighted by molar-refractivity contribution is 0.0909. The van der Waals surface area contributed by atoms with Gasteiger partial charge in [-0.15, -0.1) is 0 Å². The second-order valence-corrected chi connectivity index (χ2v) is 12.8. The third-order valence-electron chi connectivity index (χ3n) is 6.31. The fraction of sp³-hybridized carbons (Fsp3) is 0.696. The van der Waals surface area contributed by atoms with Gasteiger partial charge in [-0.2, -0.15) is 4.31 Å². The standard InChI is InChI=1S/C23H36N2O3S/c1-22(2,3)16-10-15(11-17(12-16)23(4,5)6)21(26)24-18-13-19-8-9-20(14-18)25(19)29(7,27)28/h10-12,18-20H,8-9,13-14H2,1-7H3,(H,24,26). The number of carbonyl (C=O) groups is 1. The van der Waals surface area contributed by atoms with E-state index in [2.05, 4.69) is 52.9 Å². The third kappa shape index (κ3) is 4.85. The lowest BCUT2D eigenvalue weighted by Gasteiger charge is -2.37. The summed E-state index contributed by atoms with van der Waals surface area (Å²) in [6.07, 6.45) is 4.46. The largest absolute Gasteiger partial charge is 0.349 e. The molecule has 0 spiro atoms. The predicted molar refractivity (Wildman–Crippen MR) is 118 cm³/mol. The van der Waals surface area contributed by atoms with Crippen molar-refractivity contribution in [2.45, 2.75) is 96.2 Å². The van der Waals surface area contributed by atoms with Crippen LogP contribution in [0.3, 0.4) is 0 Å². The molecule has 1 N–H and O–H groups in total. The molecule has 2 aliphatic heterocycles. The lowest BCUT2D eigenvalue weighted by atomic mass is 9.79. The van der Waals surface area contributed by atoms with Crippen LogP contribution in [0.2, 0.25) is 0 Å². The van der Waals surface area contributed by atoms with Gasteiger partial charge in [0.15, 0.2) is 0 Å². The summed E-state index contributed by atoms with van der Waals surface area (Å²) in [5.41, 5.74) is 2.91. The lowest BCUT2D eigenvalue weighted by Crippen LogP contribution is -2.52. The molecule has 0 aliphatic carbocycles. The molecule has 162 valence electrons. The van der Waals surface area contributed by atoms with Crippen molar-refractivity contribution in [3.63, 3.8) is 0 Å². The summed E-state index contributed by atoms with van der Waals surface area (Å²) in [6, 6.07) is 6.27. The summed E-state index contributed by atoms with van der Waals surface area (Å²) in [5, 5.41) is 3.20. The van der Waals surface area contributed by atoms with Crippen LogP contribution in [0.4, 0.5) is 0 Å². The Balaban J connectivity index is 1.81. The van der Waals surface area contributed by atoms with Gasteiger partial charge < -0.3 is 5.32 Å². The van der Waals surface area contributed by atoms with Gasteiger partial charge in [-0.05, 0) is 59.8 Å². The normalized spacial score (nSPS) is 25.8. The van der Waals surface area contributed by atoms with Crippen molar-refractivity contribution in [2.24, 2.45) is 0 Å². The van der Waals surface area contributed by atoms with Crippen LogP contribution in [0, 0.1) is 0 Å². The molecule has 0 saturated carbocycles. The highest BCUT2D eigenvalue weighted by Crippen LogP contribution is 2.37. The SMILES string of the molecule is CC(C)(C)c1cc(C(=O)NC2CC3CCC(C2)N3S(C)(=O)=O)cc(C(C)(C)C)c1. The molecular weight excluding hydrogens is 384 g/mol. The van der Waals surface area contributed by atoms with E-state index in [-0.39, 0.29) is 34.9 Å². The molecule has 0 aromatic heterocycles. The topological polar surface area (TPSA) is 66.5 Å². The van der Waals surface area contributed by atoms with Crippen LogP contribution in [-0.2, 0) is 20.9 Å². The van der Waals surface area contributed by atoms with Crippen molar-refractivity contribution in [3.8, 4) is 0 Å². The van der Waals surface area contributed by atoms with Crippen molar-refractivity contribution in [1.29, 1.82) is 0 Å². The van der Waals surface area contributed by atoms with E-state index < -0.39 is 10.0 Å². The zero-order chi connectivity index (χ0) is 21.8. The Hall–Kier alpha value is -1.40. The average Bonchev–Trinajstić information content (AvgIpc) is 2.85. The van der Waals surface area contributed by atoms with Gasteiger partial charge in [-0.25, -0.2) is 8.42 Å². The fourth-order valence-corrected chi connectivity index (χ4v) is 6.15. The minimum atomic E-state index is -3.19. The molecule has 29 heavy (non-hydrogen) atoms. The molecule has 2 fully saturated rings. The second-order valence-electron chi connectivity index (χ2n) is 10.9. The molecule has 0 radical (unpaired) electrons. The van der Waals surface area contributed by atoms with Gasteiger partial charge in [0.1, 0.15) is 0 Å². The smallest absolute Gasteiger partial charge is 0.251 e. The van der Waals surface area contributed by atoms with Crippen molar-refractivity contribution >= 4 is 15.9 Å². The van der Waals surface area contributed by atoms with Crippen molar-refractivity contribution in [2.75, 3.05) is 6.26 Å². The molecule has 1 aromatic carbocycles. The van der Waals surface area contributed by atoms with Crippen molar-refractivity contribution < 1.29 is 13.2 Å². The average molecular weight is 421 g/mol. The first-order chi connectivity index (χ1) is 13.2. The maximum atomic E-state index is 13.1. The maximum absolute atomic E-state index is 13.1. The Morgan fingerprint density at radius 3 is 1.76 bits per heavy atom. The number of carbonyl (C=O) groups excluding carboxylic acids is 1. The van der Waals surface area contributed by atoms with E-state index in [1.807, 2.05) is 12.1 Å². The van der Waals surface area contributed by atoms with E-state index in [1.165, 1.54) is 6.26 Å². The highest BCUT2D eigenvalue weighted by atomic mass is 32.2. The van der Waals surface area contributed by atoms with Crippen molar-refractivity contribution in [1.82, 2.24) is 9.62 Å². The predicted octanol–water partition coefficient (Wildman–Crippen LogP) is 3.97. The number of rotatable bonds is 3. The Labute approximate surface area is 176 Å². The molecule has 2 aliphatic rings. The summed E-state index contributed by atoms with van der Waals surface area (Å²) < 4.78 is 25.9. The van der Waals surface area contributed by atoms with Crippen LogP contribution in [0.15, 0.2) is 18.2 Å². The van der Waals surface area contributed by atoms with Crippen LogP contribution in [0.1, 0.15) is 88.7 Å². The molecular formula is C23H36N2O3S. The summed E-state index contributed by atoms with van der Waals surface area (Å²) in [7, 11) is -3.19. The number of sulfonamides is 1. The molecule has 6 heteroatoms. The van der Waals surface area contributed by atoms with Gasteiger partial charge >= 0.3 is 0 Å².